The van der Waals surface area contributed by atoms with Crippen molar-refractivity contribution in [2.45, 2.75) is 17.9 Å². The van der Waals surface area contributed by atoms with Gasteiger partial charge in [0.2, 0.25) is 0 Å². The number of halogens is 2. The number of nitrogens with zero attached hydrogens (tertiary/aromatic N) is 1. The van der Waals surface area contributed by atoms with E-state index in [0.29, 0.717) is 23.7 Å². The number of aliphatic hydroxyl groups is 2. The van der Waals surface area contributed by atoms with E-state index in [0.717, 1.165) is 37.4 Å². The van der Waals surface area contributed by atoms with Crippen molar-refractivity contribution in [1.29, 1.82) is 0 Å². The summed E-state index contributed by atoms with van der Waals surface area (Å²) in [5.74, 6) is 0. The number of nitrogens with one attached hydrogen (secondary N) is 1. The summed E-state index contributed by atoms with van der Waals surface area (Å²) >= 11 is 9.52. The number of anilines is 1. The van der Waals surface area contributed by atoms with E-state index < -0.39 is 5.06 Å². The molecule has 0 aliphatic carbocycles. The topological polar surface area (TPSA) is 55.7 Å². The fraction of sp³-hybridized carbons (Fsp3) is 0.600. The van der Waals surface area contributed by atoms with Crippen molar-refractivity contribution in [2.75, 3.05) is 43.0 Å². The Labute approximate surface area is 139 Å². The van der Waals surface area contributed by atoms with Crippen molar-refractivity contribution in [3.05, 3.63) is 29.3 Å². The lowest BCUT2D eigenvalue weighted by Gasteiger charge is -2.32. The molecule has 118 valence electrons. The van der Waals surface area contributed by atoms with Crippen LogP contribution in [0.5, 0.6) is 0 Å². The Morgan fingerprint density at radius 2 is 2.05 bits per heavy atom. The first kappa shape index (κ1) is 17.0. The van der Waals surface area contributed by atoms with Gasteiger partial charge in [-0.3, -0.25) is 0 Å². The van der Waals surface area contributed by atoms with Gasteiger partial charge in [0.1, 0.15) is 0 Å². The number of piperazine rings is 1. The maximum atomic E-state index is 10.3. The second kappa shape index (κ2) is 7.79. The predicted molar refractivity (Wildman–Crippen MR) is 90.5 cm³/mol. The maximum Gasteiger partial charge on any atom is 0.165 e. The van der Waals surface area contributed by atoms with E-state index >= 15 is 0 Å². The van der Waals surface area contributed by atoms with Crippen LogP contribution in [0, 0.1) is 0 Å². The third kappa shape index (κ3) is 4.33. The number of aliphatic hydroxyl groups excluding tert-OH is 1. The van der Waals surface area contributed by atoms with Crippen molar-refractivity contribution >= 4 is 33.2 Å². The van der Waals surface area contributed by atoms with Gasteiger partial charge in [-0.25, -0.2) is 0 Å². The Morgan fingerprint density at radius 3 is 2.67 bits per heavy atom. The minimum atomic E-state index is -1.37. The minimum absolute atomic E-state index is 0.0850. The summed E-state index contributed by atoms with van der Waals surface area (Å²) < 4.78 is 0. The zero-order valence-corrected chi connectivity index (χ0v) is 14.3. The van der Waals surface area contributed by atoms with Crippen LogP contribution in [0.15, 0.2) is 18.2 Å². The average molecular weight is 378 g/mol. The van der Waals surface area contributed by atoms with Crippen molar-refractivity contribution in [1.82, 2.24) is 5.32 Å². The van der Waals surface area contributed by atoms with Gasteiger partial charge in [-0.1, -0.05) is 33.6 Å². The molecule has 1 unspecified atom stereocenters. The molecule has 0 saturated carbocycles. The molecule has 21 heavy (non-hydrogen) atoms. The number of alkyl halides is 2. The predicted octanol–water partition coefficient (Wildman–Crippen LogP) is 1.80. The van der Waals surface area contributed by atoms with Gasteiger partial charge in [-0.05, 0) is 29.7 Å². The van der Waals surface area contributed by atoms with Crippen molar-refractivity contribution in [3.8, 4) is 0 Å². The zero-order chi connectivity index (χ0) is 15.3. The minimum Gasteiger partial charge on any atom is -0.396 e. The van der Waals surface area contributed by atoms with E-state index in [9.17, 15) is 10.2 Å². The number of rotatable bonds is 6. The SMILES string of the molecule is OCCc1cc(C(O)(Cl)CCBr)ccc1N1CCNCC1. The van der Waals surface area contributed by atoms with Gasteiger partial charge in [0.05, 0.1) is 0 Å². The molecule has 1 aromatic carbocycles. The molecule has 0 amide bonds. The molecule has 1 aliphatic heterocycles. The fourth-order valence-electron chi connectivity index (χ4n) is 2.63. The smallest absolute Gasteiger partial charge is 0.165 e. The normalized spacial score (nSPS) is 18.6. The molecule has 0 aromatic heterocycles. The van der Waals surface area contributed by atoms with Crippen LogP contribution in [-0.4, -0.2) is 48.3 Å². The summed E-state index contributed by atoms with van der Waals surface area (Å²) in [4.78, 5) is 2.31. The maximum absolute atomic E-state index is 10.3. The van der Waals surface area contributed by atoms with Crippen molar-refractivity contribution < 1.29 is 10.2 Å². The third-order valence-electron chi connectivity index (χ3n) is 3.79. The Balaban J connectivity index is 2.29. The fourth-order valence-corrected chi connectivity index (χ4v) is 3.64. The standard InChI is InChI=1S/C15H22BrClN2O2/c16-5-4-15(17,21)13-1-2-14(12(11-13)3-10-20)19-8-6-18-7-9-19/h1-2,11,18,20-21H,3-10H2. The van der Waals surface area contributed by atoms with E-state index in [1.54, 1.807) is 0 Å². The summed E-state index contributed by atoms with van der Waals surface area (Å²) in [5, 5.41) is 22.2. The third-order valence-corrected chi connectivity index (χ3v) is 4.59. The molecule has 1 saturated heterocycles. The lowest BCUT2D eigenvalue weighted by Crippen LogP contribution is -2.44. The van der Waals surface area contributed by atoms with E-state index in [4.69, 9.17) is 11.6 Å². The van der Waals surface area contributed by atoms with Crippen LogP contribution in [0.25, 0.3) is 0 Å². The molecule has 2 rings (SSSR count). The molecule has 1 aromatic rings. The first-order valence-corrected chi connectivity index (χ1v) is 8.75. The number of hydrogen-bond donors (Lipinski definition) is 3. The first-order chi connectivity index (χ1) is 10.1. The Hall–Kier alpha value is -0.330. The van der Waals surface area contributed by atoms with Crippen LogP contribution >= 0.6 is 27.5 Å². The molecule has 3 N–H and O–H groups in total. The highest BCUT2D eigenvalue weighted by Gasteiger charge is 2.26. The molecule has 6 heteroatoms. The summed E-state index contributed by atoms with van der Waals surface area (Å²) in [5.41, 5.74) is 2.84. The Kier molecular flexibility index (Phi) is 6.32. The van der Waals surface area contributed by atoms with Gasteiger partial charge in [0.15, 0.2) is 5.06 Å². The summed E-state index contributed by atoms with van der Waals surface area (Å²) in [6.45, 7) is 3.91. The van der Waals surface area contributed by atoms with Crippen LogP contribution < -0.4 is 10.2 Å². The highest BCUT2D eigenvalue weighted by atomic mass is 79.9. The van der Waals surface area contributed by atoms with Crippen molar-refractivity contribution in [3.63, 3.8) is 0 Å². The van der Waals surface area contributed by atoms with Crippen LogP contribution in [0.2, 0.25) is 0 Å². The molecule has 1 aliphatic rings. The Bertz CT molecular complexity index is 465. The average Bonchev–Trinajstić information content (AvgIpc) is 2.48. The van der Waals surface area contributed by atoms with Gasteiger partial charge in [-0.15, -0.1) is 0 Å². The second-order valence-corrected chi connectivity index (χ2v) is 6.67. The lowest BCUT2D eigenvalue weighted by molar-refractivity contribution is 0.126. The van der Waals surface area contributed by atoms with Crippen LogP contribution in [0.1, 0.15) is 17.5 Å². The van der Waals surface area contributed by atoms with E-state index in [-0.39, 0.29) is 6.61 Å². The highest BCUT2D eigenvalue weighted by molar-refractivity contribution is 9.09. The van der Waals surface area contributed by atoms with Crippen LogP contribution in [-0.2, 0) is 11.5 Å². The lowest BCUT2D eigenvalue weighted by atomic mass is 9.99. The quantitative estimate of drug-likeness (QED) is 0.662. The van der Waals surface area contributed by atoms with Gasteiger partial charge >= 0.3 is 0 Å². The largest absolute Gasteiger partial charge is 0.396 e. The molecule has 1 heterocycles. The highest BCUT2D eigenvalue weighted by Crippen LogP contribution is 2.34. The molecule has 1 atom stereocenters. The van der Waals surface area contributed by atoms with E-state index in [2.05, 4.69) is 26.1 Å². The first-order valence-electron chi connectivity index (χ1n) is 7.25. The molecular weight excluding hydrogens is 356 g/mol. The Morgan fingerprint density at radius 1 is 1.33 bits per heavy atom. The number of benzene rings is 1. The molecule has 0 bridgehead atoms. The summed E-state index contributed by atoms with van der Waals surface area (Å²) in [7, 11) is 0. The molecule has 0 spiro atoms. The zero-order valence-electron chi connectivity index (χ0n) is 12.0. The molecule has 4 nitrogen and oxygen atoms in total. The molecular formula is C15H22BrClN2O2. The van der Waals surface area contributed by atoms with Gasteiger partial charge in [0.25, 0.3) is 0 Å². The van der Waals surface area contributed by atoms with Crippen LogP contribution in [0.4, 0.5) is 5.69 Å². The number of hydrogen-bond acceptors (Lipinski definition) is 4. The molecule has 0 radical (unpaired) electrons. The van der Waals surface area contributed by atoms with E-state index in [1.807, 2.05) is 18.2 Å². The molecule has 1 fully saturated rings. The summed E-state index contributed by atoms with van der Waals surface area (Å²) in [6, 6.07) is 5.81. The van der Waals surface area contributed by atoms with E-state index in [1.165, 1.54) is 0 Å². The van der Waals surface area contributed by atoms with Crippen LogP contribution in [0.3, 0.4) is 0 Å². The van der Waals surface area contributed by atoms with Gasteiger partial charge < -0.3 is 20.4 Å². The summed E-state index contributed by atoms with van der Waals surface area (Å²) in [6.07, 6.45) is 0.995. The monoisotopic (exact) mass is 376 g/mol. The second-order valence-electron chi connectivity index (χ2n) is 5.25. The van der Waals surface area contributed by atoms with Crippen molar-refractivity contribution in [2.24, 2.45) is 0 Å². The van der Waals surface area contributed by atoms with Gasteiger partial charge in [-0.2, -0.15) is 0 Å². The van der Waals surface area contributed by atoms with Gasteiger partial charge in [0, 0.05) is 50.2 Å².